The normalized spacial score (nSPS) is 11.3. The van der Waals surface area contributed by atoms with Gasteiger partial charge in [0.05, 0.1) is 11.8 Å². The first-order valence-corrected chi connectivity index (χ1v) is 9.03. The minimum Gasteiger partial charge on any atom is -0.491 e. The molecule has 0 amide bonds. The van der Waals surface area contributed by atoms with Crippen molar-refractivity contribution < 1.29 is 9.26 Å². The minimum atomic E-state index is 0. The van der Waals surface area contributed by atoms with Gasteiger partial charge in [0.15, 0.2) is 5.96 Å². The maximum atomic E-state index is 5.93. The topological polar surface area (TPSA) is 71.7 Å². The van der Waals surface area contributed by atoms with Crippen molar-refractivity contribution in [3.05, 3.63) is 46.3 Å². The Morgan fingerprint density at radius 1 is 1.22 bits per heavy atom. The number of hydrogen-bond acceptors (Lipinski definition) is 4. The number of rotatable bonds is 7. The van der Waals surface area contributed by atoms with Crippen LogP contribution < -0.4 is 15.4 Å². The lowest BCUT2D eigenvalue weighted by Gasteiger charge is -2.17. The van der Waals surface area contributed by atoms with Crippen LogP contribution >= 0.6 is 24.0 Å². The molecule has 2 rings (SSSR count). The maximum Gasteiger partial charge on any atom is 0.191 e. The molecule has 0 atom stereocenters. The zero-order chi connectivity index (χ0) is 19.1. The highest BCUT2D eigenvalue weighted by Crippen LogP contribution is 2.21. The Bertz CT molecular complexity index is 737. The third kappa shape index (κ3) is 7.04. The van der Waals surface area contributed by atoms with Crippen molar-refractivity contribution in [1.29, 1.82) is 0 Å². The molecule has 1 aromatic heterocycles. The zero-order valence-corrected chi connectivity index (χ0v) is 19.4. The highest BCUT2D eigenvalue weighted by molar-refractivity contribution is 14.0. The van der Waals surface area contributed by atoms with Gasteiger partial charge in [0, 0.05) is 31.3 Å². The zero-order valence-electron chi connectivity index (χ0n) is 17.0. The average Bonchev–Trinajstić information content (AvgIpc) is 2.90. The molecule has 0 radical (unpaired) electrons. The van der Waals surface area contributed by atoms with Crippen molar-refractivity contribution in [2.45, 2.75) is 53.7 Å². The minimum absolute atomic E-state index is 0. The smallest absolute Gasteiger partial charge is 0.191 e. The van der Waals surface area contributed by atoms with Gasteiger partial charge < -0.3 is 19.9 Å². The van der Waals surface area contributed by atoms with Crippen LogP contribution in [0, 0.1) is 20.8 Å². The molecule has 27 heavy (non-hydrogen) atoms. The van der Waals surface area contributed by atoms with Gasteiger partial charge in [0.25, 0.3) is 0 Å². The molecule has 0 aliphatic rings. The van der Waals surface area contributed by atoms with Crippen molar-refractivity contribution in [2.75, 3.05) is 13.6 Å². The van der Waals surface area contributed by atoms with Crippen LogP contribution in [0.15, 0.2) is 27.7 Å². The highest BCUT2D eigenvalue weighted by atomic mass is 127. The second kappa shape index (κ2) is 11.2. The monoisotopic (exact) mass is 486 g/mol. The van der Waals surface area contributed by atoms with Crippen LogP contribution in [0.25, 0.3) is 0 Å². The van der Waals surface area contributed by atoms with Gasteiger partial charge in [-0.1, -0.05) is 17.3 Å². The summed E-state index contributed by atoms with van der Waals surface area (Å²) in [7, 11) is 1.77. The van der Waals surface area contributed by atoms with E-state index >= 15 is 0 Å². The molecule has 0 aliphatic carbocycles. The Morgan fingerprint density at radius 2 is 1.96 bits per heavy atom. The summed E-state index contributed by atoms with van der Waals surface area (Å²) < 4.78 is 11.1. The Morgan fingerprint density at radius 3 is 2.56 bits per heavy atom. The fourth-order valence-corrected chi connectivity index (χ4v) is 2.74. The van der Waals surface area contributed by atoms with E-state index in [1.54, 1.807) is 7.05 Å². The Hall–Kier alpha value is -1.77. The number of halogens is 1. The van der Waals surface area contributed by atoms with Gasteiger partial charge in [-0.25, -0.2) is 0 Å². The summed E-state index contributed by atoms with van der Waals surface area (Å²) in [5.74, 6) is 2.55. The van der Waals surface area contributed by atoms with Crippen LogP contribution in [0.2, 0.25) is 0 Å². The standard InChI is InChI=1S/C20H30N4O2.HI/c1-13(2)25-19-11-14(3)7-8-17(19)12-23-20(21-6)22-10-9-18-15(4)24-26-16(18)5;/h7-8,11,13H,9-10,12H2,1-6H3,(H2,21,22,23);1H. The van der Waals surface area contributed by atoms with E-state index in [9.17, 15) is 0 Å². The number of benzene rings is 1. The molecule has 2 aromatic rings. The predicted molar refractivity (Wildman–Crippen MR) is 120 cm³/mol. The molecule has 150 valence electrons. The van der Waals surface area contributed by atoms with Crippen molar-refractivity contribution in [2.24, 2.45) is 4.99 Å². The van der Waals surface area contributed by atoms with Crippen LogP contribution in [-0.2, 0) is 13.0 Å². The summed E-state index contributed by atoms with van der Waals surface area (Å²) in [5, 5.41) is 10.7. The number of nitrogens with one attached hydrogen (secondary N) is 2. The molecule has 0 saturated heterocycles. The van der Waals surface area contributed by atoms with E-state index in [0.717, 1.165) is 47.3 Å². The fourth-order valence-electron chi connectivity index (χ4n) is 2.74. The van der Waals surface area contributed by atoms with Crippen LogP contribution in [0.3, 0.4) is 0 Å². The Balaban J connectivity index is 0.00000364. The van der Waals surface area contributed by atoms with E-state index in [4.69, 9.17) is 9.26 Å². The molecule has 1 aromatic carbocycles. The van der Waals surface area contributed by atoms with Gasteiger partial charge in [-0.3, -0.25) is 4.99 Å². The van der Waals surface area contributed by atoms with Gasteiger partial charge in [-0.2, -0.15) is 0 Å². The van der Waals surface area contributed by atoms with E-state index in [-0.39, 0.29) is 30.1 Å². The quantitative estimate of drug-likeness (QED) is 0.353. The van der Waals surface area contributed by atoms with Crippen LogP contribution in [0.5, 0.6) is 5.75 Å². The van der Waals surface area contributed by atoms with Crippen molar-refractivity contribution in [1.82, 2.24) is 15.8 Å². The van der Waals surface area contributed by atoms with Crippen molar-refractivity contribution >= 4 is 29.9 Å². The number of nitrogens with zero attached hydrogens (tertiary/aromatic N) is 2. The third-order valence-corrected chi connectivity index (χ3v) is 4.10. The first-order chi connectivity index (χ1) is 12.4. The number of ether oxygens (including phenoxy) is 1. The summed E-state index contributed by atoms with van der Waals surface area (Å²) in [4.78, 5) is 4.29. The van der Waals surface area contributed by atoms with Crippen LogP contribution in [-0.4, -0.2) is 30.8 Å². The van der Waals surface area contributed by atoms with Crippen molar-refractivity contribution in [3.63, 3.8) is 0 Å². The van der Waals surface area contributed by atoms with Gasteiger partial charge in [-0.15, -0.1) is 24.0 Å². The molecule has 0 spiro atoms. The van der Waals surface area contributed by atoms with E-state index in [0.29, 0.717) is 6.54 Å². The lowest BCUT2D eigenvalue weighted by molar-refractivity contribution is 0.239. The molecule has 1 heterocycles. The molecular formula is C20H31IN4O2. The number of guanidine groups is 1. The van der Waals surface area contributed by atoms with Crippen LogP contribution in [0.4, 0.5) is 0 Å². The fraction of sp³-hybridized carbons (Fsp3) is 0.500. The van der Waals surface area contributed by atoms with Crippen molar-refractivity contribution in [3.8, 4) is 5.75 Å². The molecule has 0 aliphatic heterocycles. The summed E-state index contributed by atoms with van der Waals surface area (Å²) in [6.45, 7) is 11.4. The predicted octanol–water partition coefficient (Wildman–Crippen LogP) is 3.91. The van der Waals surface area contributed by atoms with Gasteiger partial charge in [0.2, 0.25) is 0 Å². The Kier molecular flexibility index (Phi) is 9.62. The second-order valence-electron chi connectivity index (χ2n) is 6.68. The lowest BCUT2D eigenvalue weighted by Crippen LogP contribution is -2.38. The van der Waals surface area contributed by atoms with Gasteiger partial charge >= 0.3 is 0 Å². The largest absolute Gasteiger partial charge is 0.491 e. The summed E-state index contributed by atoms with van der Waals surface area (Å²) in [6.07, 6.45) is 0.983. The molecule has 7 heteroatoms. The van der Waals surface area contributed by atoms with Gasteiger partial charge in [-0.05, 0) is 52.7 Å². The first-order valence-electron chi connectivity index (χ1n) is 9.03. The maximum absolute atomic E-state index is 5.93. The van der Waals surface area contributed by atoms with E-state index in [2.05, 4.69) is 45.9 Å². The molecular weight excluding hydrogens is 455 g/mol. The molecule has 0 bridgehead atoms. The van der Waals surface area contributed by atoms with Crippen LogP contribution in [0.1, 0.15) is 42.0 Å². The SMILES string of the molecule is CN=C(NCCc1c(C)noc1C)NCc1ccc(C)cc1OC(C)C.I. The summed E-state index contributed by atoms with van der Waals surface area (Å²) in [6, 6.07) is 6.26. The number of aliphatic imine (C=N–C) groups is 1. The van der Waals surface area contributed by atoms with E-state index < -0.39 is 0 Å². The highest BCUT2D eigenvalue weighted by Gasteiger charge is 2.10. The second-order valence-corrected chi connectivity index (χ2v) is 6.68. The lowest BCUT2D eigenvalue weighted by atomic mass is 10.1. The molecule has 0 unspecified atom stereocenters. The summed E-state index contributed by atoms with van der Waals surface area (Å²) in [5.41, 5.74) is 4.39. The Labute approximate surface area is 179 Å². The molecule has 6 nitrogen and oxygen atoms in total. The molecule has 2 N–H and O–H groups in total. The third-order valence-electron chi connectivity index (χ3n) is 4.10. The summed E-state index contributed by atoms with van der Waals surface area (Å²) >= 11 is 0. The number of hydrogen-bond donors (Lipinski definition) is 2. The molecule has 0 fully saturated rings. The number of aryl methyl sites for hydroxylation is 3. The average molecular weight is 486 g/mol. The van der Waals surface area contributed by atoms with E-state index in [1.807, 2.05) is 27.7 Å². The molecule has 0 saturated carbocycles. The first kappa shape index (κ1) is 23.3. The number of aromatic nitrogens is 1. The van der Waals surface area contributed by atoms with E-state index in [1.165, 1.54) is 5.56 Å². The van der Waals surface area contributed by atoms with Gasteiger partial charge in [0.1, 0.15) is 11.5 Å².